The molecule has 0 spiro atoms. The molecule has 0 atom stereocenters. The van der Waals surface area contributed by atoms with E-state index in [4.69, 9.17) is 14.6 Å². The van der Waals surface area contributed by atoms with Crippen LogP contribution in [0, 0.1) is 3.70 Å². The van der Waals surface area contributed by atoms with E-state index in [1.807, 2.05) is 6.07 Å². The monoisotopic (exact) mass is 505 g/mol. The van der Waals surface area contributed by atoms with Gasteiger partial charge in [0.25, 0.3) is 0 Å². The zero-order chi connectivity index (χ0) is 19.6. The first-order valence-corrected chi connectivity index (χ1v) is 11.3. The van der Waals surface area contributed by atoms with Gasteiger partial charge in [0.05, 0.1) is 11.6 Å². The maximum Gasteiger partial charge on any atom is 0.225 e. The van der Waals surface area contributed by atoms with Crippen LogP contribution in [-0.2, 0) is 4.74 Å². The fourth-order valence-electron chi connectivity index (χ4n) is 4.12. The number of benzene rings is 1. The van der Waals surface area contributed by atoms with Crippen molar-refractivity contribution in [3.63, 3.8) is 0 Å². The first-order valence-electron chi connectivity index (χ1n) is 10.2. The average Bonchev–Trinajstić information content (AvgIpc) is 3.11. The van der Waals surface area contributed by atoms with E-state index in [1.54, 1.807) is 12.4 Å². The lowest BCUT2D eigenvalue weighted by atomic mass is 10.1. The van der Waals surface area contributed by atoms with Crippen LogP contribution in [-0.4, -0.2) is 52.2 Å². The van der Waals surface area contributed by atoms with Crippen molar-refractivity contribution in [2.75, 3.05) is 31.2 Å². The van der Waals surface area contributed by atoms with Crippen LogP contribution in [0.2, 0.25) is 0 Å². The standard InChI is InChI=1S/C21H24IN5O2/c22-20-18-3-2-17(14-19(18)25-27(20)15-6-12-28-13-7-15)29-16-4-10-26(11-5-16)21-23-8-1-9-24-21/h1-3,8-9,14-16H,4-7,10-13H2. The number of nitrogens with zero attached hydrogens (tertiary/aromatic N) is 5. The summed E-state index contributed by atoms with van der Waals surface area (Å²) in [7, 11) is 0. The number of anilines is 1. The molecule has 4 heterocycles. The molecule has 0 saturated carbocycles. The SMILES string of the molecule is Ic1c2ccc(OC3CCN(c4ncccn4)CC3)cc2nn1C1CCOCC1. The summed E-state index contributed by atoms with van der Waals surface area (Å²) >= 11 is 2.41. The van der Waals surface area contributed by atoms with Gasteiger partial charge in [0.15, 0.2) is 0 Å². The van der Waals surface area contributed by atoms with Crippen molar-refractivity contribution in [2.24, 2.45) is 0 Å². The first-order chi connectivity index (χ1) is 14.3. The molecule has 8 heteroatoms. The molecule has 0 amide bonds. The van der Waals surface area contributed by atoms with Crippen LogP contribution in [0.1, 0.15) is 31.7 Å². The molecule has 5 rings (SSSR count). The van der Waals surface area contributed by atoms with Gasteiger partial charge >= 0.3 is 0 Å². The van der Waals surface area contributed by atoms with Gasteiger partial charge in [-0.25, -0.2) is 9.97 Å². The quantitative estimate of drug-likeness (QED) is 0.503. The molecule has 3 aromatic rings. The van der Waals surface area contributed by atoms with E-state index < -0.39 is 0 Å². The van der Waals surface area contributed by atoms with Crippen molar-refractivity contribution in [2.45, 2.75) is 37.8 Å². The number of halogens is 1. The van der Waals surface area contributed by atoms with E-state index in [-0.39, 0.29) is 6.10 Å². The van der Waals surface area contributed by atoms with Gasteiger partial charge in [0, 0.05) is 63.0 Å². The van der Waals surface area contributed by atoms with Crippen LogP contribution in [0.3, 0.4) is 0 Å². The third-order valence-corrected chi connectivity index (χ3v) is 6.80. The topological polar surface area (TPSA) is 65.3 Å². The number of aromatic nitrogens is 4. The molecule has 2 aliphatic rings. The second-order valence-electron chi connectivity index (χ2n) is 7.61. The first kappa shape index (κ1) is 19.0. The van der Waals surface area contributed by atoms with Crippen molar-refractivity contribution in [3.05, 3.63) is 40.4 Å². The van der Waals surface area contributed by atoms with E-state index in [1.165, 1.54) is 9.09 Å². The minimum atomic E-state index is 0.212. The molecule has 0 aliphatic carbocycles. The Bertz CT molecular complexity index is 966. The number of piperidine rings is 1. The van der Waals surface area contributed by atoms with E-state index in [0.29, 0.717) is 6.04 Å². The molecule has 1 aromatic carbocycles. The highest BCUT2D eigenvalue weighted by atomic mass is 127. The Balaban J connectivity index is 1.26. The molecule has 152 valence electrons. The zero-order valence-corrected chi connectivity index (χ0v) is 18.4. The van der Waals surface area contributed by atoms with Crippen molar-refractivity contribution in [1.82, 2.24) is 19.7 Å². The highest BCUT2D eigenvalue weighted by Crippen LogP contribution is 2.31. The van der Waals surface area contributed by atoms with E-state index in [9.17, 15) is 0 Å². The minimum absolute atomic E-state index is 0.212. The van der Waals surface area contributed by atoms with Gasteiger partial charge in [-0.15, -0.1) is 0 Å². The highest BCUT2D eigenvalue weighted by Gasteiger charge is 2.23. The molecule has 2 saturated heterocycles. The third-order valence-electron chi connectivity index (χ3n) is 5.72. The molecule has 2 aromatic heterocycles. The zero-order valence-electron chi connectivity index (χ0n) is 16.2. The van der Waals surface area contributed by atoms with Crippen LogP contribution in [0.25, 0.3) is 10.9 Å². The third kappa shape index (κ3) is 4.05. The molecule has 0 N–H and O–H groups in total. The largest absolute Gasteiger partial charge is 0.490 e. The smallest absolute Gasteiger partial charge is 0.225 e. The fourth-order valence-corrected chi connectivity index (χ4v) is 5.08. The number of ether oxygens (including phenoxy) is 2. The van der Waals surface area contributed by atoms with Crippen molar-refractivity contribution in [1.29, 1.82) is 0 Å². The lowest BCUT2D eigenvalue weighted by Gasteiger charge is -2.32. The van der Waals surface area contributed by atoms with E-state index >= 15 is 0 Å². The van der Waals surface area contributed by atoms with Gasteiger partial charge in [0.1, 0.15) is 15.6 Å². The maximum absolute atomic E-state index is 6.30. The Labute approximate surface area is 183 Å². The summed E-state index contributed by atoms with van der Waals surface area (Å²) in [6.07, 6.45) is 7.77. The summed E-state index contributed by atoms with van der Waals surface area (Å²) < 4.78 is 15.2. The van der Waals surface area contributed by atoms with Gasteiger partial charge in [0.2, 0.25) is 5.95 Å². The molecule has 2 aliphatic heterocycles. The summed E-state index contributed by atoms with van der Waals surface area (Å²) in [6.45, 7) is 3.45. The second-order valence-corrected chi connectivity index (χ2v) is 8.63. The Morgan fingerprint density at radius 1 is 1.03 bits per heavy atom. The summed E-state index contributed by atoms with van der Waals surface area (Å²) in [5, 5.41) is 6.09. The number of fused-ring (bicyclic) bond motifs is 1. The molecular formula is C21H24IN5O2. The van der Waals surface area contributed by atoms with Crippen LogP contribution < -0.4 is 9.64 Å². The minimum Gasteiger partial charge on any atom is -0.490 e. The molecule has 2 fully saturated rings. The fraction of sp³-hybridized carbons (Fsp3) is 0.476. The van der Waals surface area contributed by atoms with Gasteiger partial charge < -0.3 is 14.4 Å². The summed E-state index contributed by atoms with van der Waals surface area (Å²) in [5.74, 6) is 1.71. The Kier molecular flexibility index (Phi) is 5.54. The Hall–Kier alpha value is -1.94. The van der Waals surface area contributed by atoms with Crippen LogP contribution in [0.15, 0.2) is 36.7 Å². The molecule has 0 unspecified atom stereocenters. The lowest BCUT2D eigenvalue weighted by molar-refractivity contribution is 0.0657. The van der Waals surface area contributed by atoms with Gasteiger partial charge in [-0.1, -0.05) is 0 Å². The van der Waals surface area contributed by atoms with Crippen LogP contribution in [0.5, 0.6) is 5.75 Å². The Morgan fingerprint density at radius 3 is 2.55 bits per heavy atom. The van der Waals surface area contributed by atoms with Crippen molar-refractivity contribution in [3.8, 4) is 5.75 Å². The highest BCUT2D eigenvalue weighted by molar-refractivity contribution is 14.1. The summed E-state index contributed by atoms with van der Waals surface area (Å²) in [6, 6.07) is 8.58. The summed E-state index contributed by atoms with van der Waals surface area (Å²) in [4.78, 5) is 10.9. The van der Waals surface area contributed by atoms with E-state index in [2.05, 4.69) is 60.3 Å². The summed E-state index contributed by atoms with van der Waals surface area (Å²) in [5.41, 5.74) is 1.01. The molecule has 7 nitrogen and oxygen atoms in total. The predicted molar refractivity (Wildman–Crippen MR) is 119 cm³/mol. The normalized spacial score (nSPS) is 19.0. The maximum atomic E-state index is 6.30. The predicted octanol–water partition coefficient (Wildman–Crippen LogP) is 3.83. The molecule has 29 heavy (non-hydrogen) atoms. The van der Waals surface area contributed by atoms with E-state index in [0.717, 1.165) is 69.2 Å². The number of hydrogen-bond donors (Lipinski definition) is 0. The molecule has 0 bridgehead atoms. The average molecular weight is 505 g/mol. The number of rotatable bonds is 4. The van der Waals surface area contributed by atoms with Gasteiger partial charge in [-0.3, -0.25) is 4.68 Å². The van der Waals surface area contributed by atoms with Crippen molar-refractivity contribution < 1.29 is 9.47 Å². The Morgan fingerprint density at radius 2 is 1.79 bits per heavy atom. The van der Waals surface area contributed by atoms with Crippen LogP contribution in [0.4, 0.5) is 5.95 Å². The van der Waals surface area contributed by atoms with Crippen molar-refractivity contribution >= 4 is 39.4 Å². The molecule has 0 radical (unpaired) electrons. The van der Waals surface area contributed by atoms with Gasteiger partial charge in [-0.2, -0.15) is 5.10 Å². The lowest BCUT2D eigenvalue weighted by Crippen LogP contribution is -2.39. The molecular weight excluding hydrogens is 481 g/mol. The second kappa shape index (κ2) is 8.43. The van der Waals surface area contributed by atoms with Crippen LogP contribution >= 0.6 is 22.6 Å². The van der Waals surface area contributed by atoms with Gasteiger partial charge in [-0.05, 0) is 53.6 Å². The number of hydrogen-bond acceptors (Lipinski definition) is 6.